The topological polar surface area (TPSA) is 59.5 Å². The van der Waals surface area contributed by atoms with Gasteiger partial charge in [0.1, 0.15) is 6.04 Å². The maximum Gasteiger partial charge on any atom is 0.328 e. The van der Waals surface area contributed by atoms with Gasteiger partial charge in [0.2, 0.25) is 5.91 Å². The van der Waals surface area contributed by atoms with E-state index in [9.17, 15) is 9.59 Å². The number of carbonyl (C=O) groups excluding carboxylic acids is 2. The van der Waals surface area contributed by atoms with Gasteiger partial charge in [-0.3, -0.25) is 4.79 Å². The Morgan fingerprint density at radius 2 is 2.00 bits per heavy atom. The number of carbonyl (C=O) groups is 2. The summed E-state index contributed by atoms with van der Waals surface area (Å²) in [5.74, 6) is -0.516. The van der Waals surface area contributed by atoms with Crippen molar-refractivity contribution in [3.63, 3.8) is 0 Å². The van der Waals surface area contributed by atoms with E-state index >= 15 is 0 Å². The summed E-state index contributed by atoms with van der Waals surface area (Å²) in [6, 6.07) is 14.9. The van der Waals surface area contributed by atoms with E-state index in [0.29, 0.717) is 30.1 Å². The Morgan fingerprint density at radius 1 is 1.20 bits per heavy atom. The third-order valence-corrected chi connectivity index (χ3v) is 6.35. The molecule has 2 aromatic carbocycles. The summed E-state index contributed by atoms with van der Waals surface area (Å²) in [4.78, 5) is 31.7. The zero-order chi connectivity index (χ0) is 21.1. The Labute approximate surface area is 184 Å². The Morgan fingerprint density at radius 3 is 2.77 bits per heavy atom. The van der Waals surface area contributed by atoms with Gasteiger partial charge in [0, 0.05) is 29.8 Å². The maximum atomic E-state index is 13.1. The lowest BCUT2D eigenvalue weighted by Crippen LogP contribution is -2.49. The minimum absolute atomic E-state index is 0.125. The number of benzene rings is 2. The van der Waals surface area contributed by atoms with Gasteiger partial charge in [0.15, 0.2) is 0 Å². The number of methoxy groups -OCH3 is 1. The largest absolute Gasteiger partial charge is 0.467 e. The lowest BCUT2D eigenvalue weighted by Gasteiger charge is -2.35. The molecule has 0 N–H and O–H groups in total. The molecule has 0 saturated heterocycles. The molecular formula is C23H21ClN2O3S. The molecule has 0 spiro atoms. The highest BCUT2D eigenvalue weighted by Crippen LogP contribution is 2.25. The zero-order valence-corrected chi connectivity index (χ0v) is 18.1. The van der Waals surface area contributed by atoms with Crippen molar-refractivity contribution >= 4 is 34.8 Å². The van der Waals surface area contributed by atoms with Crippen LogP contribution in [0.4, 0.5) is 0 Å². The number of ether oxygens (including phenoxy) is 1. The molecule has 1 unspecified atom stereocenters. The van der Waals surface area contributed by atoms with Gasteiger partial charge in [-0.25, -0.2) is 9.78 Å². The predicted octanol–water partition coefficient (Wildman–Crippen LogP) is 4.06. The van der Waals surface area contributed by atoms with Crippen LogP contribution < -0.4 is 0 Å². The molecule has 1 aliphatic heterocycles. The summed E-state index contributed by atoms with van der Waals surface area (Å²) in [6.07, 6.45) is 1.29. The zero-order valence-electron chi connectivity index (χ0n) is 16.5. The molecule has 0 saturated carbocycles. The number of aromatic nitrogens is 1. The average molecular weight is 441 g/mol. The molecule has 3 aromatic rings. The van der Waals surface area contributed by atoms with Crippen LogP contribution in [0.25, 0.3) is 0 Å². The molecule has 0 fully saturated rings. The Hall–Kier alpha value is -2.70. The van der Waals surface area contributed by atoms with E-state index in [1.54, 1.807) is 4.90 Å². The van der Waals surface area contributed by atoms with Gasteiger partial charge in [0.05, 0.1) is 24.2 Å². The summed E-state index contributed by atoms with van der Waals surface area (Å²) < 4.78 is 4.96. The van der Waals surface area contributed by atoms with Gasteiger partial charge >= 0.3 is 5.97 Å². The molecule has 7 heteroatoms. The molecule has 2 heterocycles. The standard InChI is InChI=1S/C23H21ClN2O3S/c1-29-23(28)20-11-16-6-2-3-7-17(16)13-26(20)22(27)12-19-14-30-21(25-19)10-15-5-4-8-18(24)9-15/h2-9,14,20H,10-13H2,1H3. The number of thiazole rings is 1. The van der Waals surface area contributed by atoms with Gasteiger partial charge in [0.25, 0.3) is 0 Å². The number of nitrogens with zero attached hydrogens (tertiary/aromatic N) is 2. The number of fused-ring (bicyclic) bond motifs is 1. The average Bonchev–Trinajstić information content (AvgIpc) is 3.18. The highest BCUT2D eigenvalue weighted by molar-refractivity contribution is 7.09. The fourth-order valence-corrected chi connectivity index (χ4v) is 4.76. The molecule has 1 amide bonds. The molecule has 1 atom stereocenters. The van der Waals surface area contributed by atoms with E-state index < -0.39 is 12.0 Å². The monoisotopic (exact) mass is 440 g/mol. The van der Waals surface area contributed by atoms with Crippen LogP contribution in [-0.2, 0) is 40.1 Å². The third kappa shape index (κ3) is 4.55. The molecule has 1 aliphatic rings. The Kier molecular flexibility index (Phi) is 6.16. The minimum atomic E-state index is -0.609. The first-order valence-corrected chi connectivity index (χ1v) is 10.9. The molecule has 0 radical (unpaired) electrons. The van der Waals surface area contributed by atoms with Crippen LogP contribution in [0.2, 0.25) is 5.02 Å². The lowest BCUT2D eigenvalue weighted by molar-refractivity contribution is -0.153. The normalized spacial score (nSPS) is 15.5. The van der Waals surface area contributed by atoms with Gasteiger partial charge in [-0.2, -0.15) is 0 Å². The third-order valence-electron chi connectivity index (χ3n) is 5.22. The van der Waals surface area contributed by atoms with E-state index in [4.69, 9.17) is 16.3 Å². The van der Waals surface area contributed by atoms with Crippen LogP contribution in [-0.4, -0.2) is 34.9 Å². The van der Waals surface area contributed by atoms with Gasteiger partial charge in [-0.05, 0) is 28.8 Å². The molecule has 30 heavy (non-hydrogen) atoms. The Balaban J connectivity index is 1.48. The predicted molar refractivity (Wildman–Crippen MR) is 117 cm³/mol. The quantitative estimate of drug-likeness (QED) is 0.561. The maximum absolute atomic E-state index is 13.1. The smallest absolute Gasteiger partial charge is 0.328 e. The summed E-state index contributed by atoms with van der Waals surface area (Å²) in [5.41, 5.74) is 3.93. The van der Waals surface area contributed by atoms with Gasteiger partial charge in [-0.1, -0.05) is 48.0 Å². The van der Waals surface area contributed by atoms with Crippen molar-refractivity contribution in [1.29, 1.82) is 0 Å². The van der Waals surface area contributed by atoms with Crippen molar-refractivity contribution in [3.05, 3.63) is 86.3 Å². The molecule has 4 rings (SSSR count). The van der Waals surface area contributed by atoms with Crippen LogP contribution >= 0.6 is 22.9 Å². The first kappa shape index (κ1) is 20.6. The molecule has 154 valence electrons. The van der Waals surface area contributed by atoms with Crippen LogP contribution in [0.15, 0.2) is 53.9 Å². The van der Waals surface area contributed by atoms with Crippen LogP contribution in [0, 0.1) is 0 Å². The molecule has 0 bridgehead atoms. The highest BCUT2D eigenvalue weighted by atomic mass is 35.5. The van der Waals surface area contributed by atoms with Crippen molar-refractivity contribution in [2.24, 2.45) is 0 Å². The molecule has 0 aliphatic carbocycles. The fraction of sp³-hybridized carbons (Fsp3) is 0.261. The van der Waals surface area contributed by atoms with Crippen molar-refractivity contribution in [1.82, 2.24) is 9.88 Å². The number of esters is 1. The van der Waals surface area contributed by atoms with Gasteiger partial charge < -0.3 is 9.64 Å². The summed E-state index contributed by atoms with van der Waals surface area (Å²) >= 11 is 7.58. The summed E-state index contributed by atoms with van der Waals surface area (Å²) in [7, 11) is 1.36. The number of hydrogen-bond donors (Lipinski definition) is 0. The lowest BCUT2D eigenvalue weighted by atomic mass is 9.93. The number of hydrogen-bond acceptors (Lipinski definition) is 5. The first-order chi connectivity index (χ1) is 14.5. The van der Waals surface area contributed by atoms with Gasteiger partial charge in [-0.15, -0.1) is 11.3 Å². The summed E-state index contributed by atoms with van der Waals surface area (Å²) in [6.45, 7) is 0.397. The second kappa shape index (κ2) is 8.98. The van der Waals surface area contributed by atoms with E-state index in [2.05, 4.69) is 4.98 Å². The van der Waals surface area contributed by atoms with Crippen molar-refractivity contribution in [2.45, 2.75) is 31.8 Å². The molecular weight excluding hydrogens is 420 g/mol. The summed E-state index contributed by atoms with van der Waals surface area (Å²) in [5, 5.41) is 3.52. The second-order valence-electron chi connectivity index (χ2n) is 7.25. The van der Waals surface area contributed by atoms with E-state index in [-0.39, 0.29) is 12.3 Å². The van der Waals surface area contributed by atoms with Crippen LogP contribution in [0.5, 0.6) is 0 Å². The SMILES string of the molecule is COC(=O)C1Cc2ccccc2CN1C(=O)Cc1csc(Cc2cccc(Cl)c2)n1. The minimum Gasteiger partial charge on any atom is -0.467 e. The van der Waals surface area contributed by atoms with Crippen LogP contribution in [0.3, 0.4) is 0 Å². The number of rotatable bonds is 5. The van der Waals surface area contributed by atoms with E-state index in [1.165, 1.54) is 18.4 Å². The van der Waals surface area contributed by atoms with Crippen molar-refractivity contribution < 1.29 is 14.3 Å². The highest BCUT2D eigenvalue weighted by Gasteiger charge is 2.35. The first-order valence-electron chi connectivity index (χ1n) is 9.65. The fourth-order valence-electron chi connectivity index (χ4n) is 3.72. The van der Waals surface area contributed by atoms with Crippen LogP contribution in [0.1, 0.15) is 27.4 Å². The number of amides is 1. The second-order valence-corrected chi connectivity index (χ2v) is 8.63. The van der Waals surface area contributed by atoms with E-state index in [0.717, 1.165) is 21.7 Å². The van der Waals surface area contributed by atoms with Crippen molar-refractivity contribution in [2.75, 3.05) is 7.11 Å². The Bertz CT molecular complexity index is 1080. The van der Waals surface area contributed by atoms with E-state index in [1.807, 2.05) is 53.9 Å². The van der Waals surface area contributed by atoms with Crippen molar-refractivity contribution in [3.8, 4) is 0 Å². The molecule has 5 nitrogen and oxygen atoms in total. The number of halogens is 1. The molecule has 1 aromatic heterocycles.